The topological polar surface area (TPSA) is 92.9 Å². The number of aryl methyl sites for hydroxylation is 2. The van der Waals surface area contributed by atoms with Crippen molar-refractivity contribution in [1.29, 1.82) is 0 Å². The van der Waals surface area contributed by atoms with Crippen LogP contribution in [0.4, 0.5) is 0 Å². The molecule has 2 heterocycles. The first kappa shape index (κ1) is 24.3. The normalized spacial score (nSPS) is 21.8. The molecule has 5 rings (SSSR count). The fraction of sp³-hybridized carbons (Fsp3) is 0.429. The smallest absolute Gasteiger partial charge is 0.214 e. The summed E-state index contributed by atoms with van der Waals surface area (Å²) in [5.41, 5.74) is 9.83. The number of rotatable bonds is 6. The molecule has 0 radical (unpaired) electrons. The summed E-state index contributed by atoms with van der Waals surface area (Å²) in [5, 5.41) is 12.9. The second-order valence-electron chi connectivity index (χ2n) is 9.84. The maximum Gasteiger partial charge on any atom is 0.214 e. The predicted molar refractivity (Wildman–Crippen MR) is 139 cm³/mol. The zero-order chi connectivity index (χ0) is 24.6. The molecule has 2 unspecified atom stereocenters. The number of phenolic OH excluding ortho intramolecular Hbond substituents is 1. The summed E-state index contributed by atoms with van der Waals surface area (Å²) in [6.07, 6.45) is 2.33. The number of hydrogen-bond acceptors (Lipinski definition) is 5. The summed E-state index contributed by atoms with van der Waals surface area (Å²) in [6.45, 7) is 3.26. The highest BCUT2D eigenvalue weighted by Gasteiger charge is 2.37. The van der Waals surface area contributed by atoms with Gasteiger partial charge < -0.3 is 15.6 Å². The molecule has 0 bridgehead atoms. The molecular weight excluding hydrogens is 460 g/mol. The number of hydrogen-bond donors (Lipinski definition) is 2. The third-order valence-corrected chi connectivity index (χ3v) is 9.63. The van der Waals surface area contributed by atoms with Gasteiger partial charge in [-0.05, 0) is 59.6 Å². The fourth-order valence-corrected chi connectivity index (χ4v) is 7.19. The van der Waals surface area contributed by atoms with Gasteiger partial charge in [-0.3, -0.25) is 0 Å². The highest BCUT2D eigenvalue weighted by molar-refractivity contribution is 7.89. The van der Waals surface area contributed by atoms with Crippen LogP contribution in [0.15, 0.2) is 54.6 Å². The van der Waals surface area contributed by atoms with Gasteiger partial charge in [0.2, 0.25) is 10.0 Å². The van der Waals surface area contributed by atoms with Crippen LogP contribution in [0.5, 0.6) is 5.75 Å². The van der Waals surface area contributed by atoms with Crippen molar-refractivity contribution in [2.45, 2.75) is 44.8 Å². The maximum absolute atomic E-state index is 13.2. The first-order chi connectivity index (χ1) is 16.9. The largest absolute Gasteiger partial charge is 0.507 e. The summed E-state index contributed by atoms with van der Waals surface area (Å²) in [7, 11) is -3.35. The Hall–Kier alpha value is -2.45. The predicted octanol–water partition coefficient (Wildman–Crippen LogP) is 4.08. The van der Waals surface area contributed by atoms with Crippen molar-refractivity contribution in [2.75, 3.05) is 25.4 Å². The van der Waals surface area contributed by atoms with Gasteiger partial charge >= 0.3 is 0 Å². The first-order valence-electron chi connectivity index (χ1n) is 12.5. The van der Waals surface area contributed by atoms with E-state index >= 15 is 0 Å². The van der Waals surface area contributed by atoms with Gasteiger partial charge in [0.1, 0.15) is 5.75 Å². The van der Waals surface area contributed by atoms with Gasteiger partial charge in [-0.2, -0.15) is 0 Å². The Bertz CT molecular complexity index is 1310. The highest BCUT2D eigenvalue weighted by atomic mass is 32.2. The molecule has 0 aliphatic carbocycles. The molecule has 3 aromatic rings. The zero-order valence-electron chi connectivity index (χ0n) is 20.2. The summed E-state index contributed by atoms with van der Waals surface area (Å²) >= 11 is 0. The van der Waals surface area contributed by atoms with Gasteiger partial charge in [0.05, 0.1) is 18.0 Å². The molecular formula is C28H34N2O4S. The lowest BCUT2D eigenvalue weighted by Gasteiger charge is -2.40. The van der Waals surface area contributed by atoms with Crippen LogP contribution in [0.25, 0.3) is 10.8 Å². The zero-order valence-corrected chi connectivity index (χ0v) is 21.0. The van der Waals surface area contributed by atoms with Crippen LogP contribution in [0, 0.1) is 12.8 Å². The lowest BCUT2D eigenvalue weighted by atomic mass is 9.83. The van der Waals surface area contributed by atoms with Crippen molar-refractivity contribution in [3.05, 3.63) is 76.9 Å². The average molecular weight is 495 g/mol. The van der Waals surface area contributed by atoms with Gasteiger partial charge in [-0.25, -0.2) is 12.7 Å². The summed E-state index contributed by atoms with van der Waals surface area (Å²) in [6, 6.07) is 18.1. The molecule has 3 N–H and O–H groups in total. The lowest BCUT2D eigenvalue weighted by Crippen LogP contribution is -2.44. The van der Waals surface area contributed by atoms with Crippen LogP contribution in [-0.2, 0) is 27.6 Å². The first-order valence-corrected chi connectivity index (χ1v) is 14.1. The van der Waals surface area contributed by atoms with E-state index in [2.05, 4.69) is 18.2 Å². The molecule has 0 spiro atoms. The molecule has 6 nitrogen and oxygen atoms in total. The van der Waals surface area contributed by atoms with E-state index in [1.54, 1.807) is 4.31 Å². The monoisotopic (exact) mass is 494 g/mol. The number of fused-ring (bicyclic) bond motifs is 2. The van der Waals surface area contributed by atoms with E-state index < -0.39 is 10.0 Å². The molecule has 35 heavy (non-hydrogen) atoms. The molecule has 0 saturated carbocycles. The molecule has 2 aliphatic rings. The molecule has 2 aliphatic heterocycles. The second kappa shape index (κ2) is 9.90. The van der Waals surface area contributed by atoms with E-state index in [9.17, 15) is 13.5 Å². The van der Waals surface area contributed by atoms with Crippen LogP contribution in [0.1, 0.15) is 41.2 Å². The van der Waals surface area contributed by atoms with Crippen LogP contribution < -0.4 is 5.73 Å². The van der Waals surface area contributed by atoms with Crippen molar-refractivity contribution in [2.24, 2.45) is 11.7 Å². The van der Waals surface area contributed by atoms with Gasteiger partial charge in [0, 0.05) is 31.6 Å². The second-order valence-corrected chi connectivity index (χ2v) is 11.9. The Kier molecular flexibility index (Phi) is 6.86. The van der Waals surface area contributed by atoms with Gasteiger partial charge in [0.25, 0.3) is 0 Å². The van der Waals surface area contributed by atoms with Crippen LogP contribution >= 0.6 is 0 Å². The molecule has 3 aromatic carbocycles. The molecule has 1 fully saturated rings. The highest BCUT2D eigenvalue weighted by Crippen LogP contribution is 2.40. The van der Waals surface area contributed by atoms with E-state index in [0.29, 0.717) is 38.2 Å². The molecule has 0 amide bonds. The minimum atomic E-state index is -3.35. The van der Waals surface area contributed by atoms with Crippen LogP contribution in [0.2, 0.25) is 0 Å². The molecule has 7 heteroatoms. The Morgan fingerprint density at radius 2 is 1.80 bits per heavy atom. The minimum absolute atomic E-state index is 0.0655. The number of ether oxygens (including phenoxy) is 1. The summed E-state index contributed by atoms with van der Waals surface area (Å²) < 4.78 is 34.3. The van der Waals surface area contributed by atoms with Crippen molar-refractivity contribution < 1.29 is 18.3 Å². The van der Waals surface area contributed by atoms with E-state index in [4.69, 9.17) is 10.5 Å². The van der Waals surface area contributed by atoms with Crippen molar-refractivity contribution in [1.82, 2.24) is 4.31 Å². The maximum atomic E-state index is 13.2. The number of benzene rings is 3. The molecule has 2 atom stereocenters. The van der Waals surface area contributed by atoms with Crippen molar-refractivity contribution in [3.63, 3.8) is 0 Å². The van der Waals surface area contributed by atoms with Crippen molar-refractivity contribution >= 4 is 20.8 Å². The Balaban J connectivity index is 1.23. The van der Waals surface area contributed by atoms with Crippen LogP contribution in [0.3, 0.4) is 0 Å². The van der Waals surface area contributed by atoms with E-state index in [1.807, 2.05) is 43.3 Å². The number of sulfonamides is 1. The van der Waals surface area contributed by atoms with E-state index in [-0.39, 0.29) is 23.9 Å². The molecule has 1 saturated heterocycles. The standard InChI is InChI=1S/C28H34N2O4S/c1-19-9-10-24-25(28(19)31)17-26(34-27(24)18-29)22-11-14-30(15-12-22)35(32,33)16-13-21-7-4-6-20-5-2-3-8-23(20)21/h2-10,22,26-27,31H,11-18,29H2,1H3. The van der Waals surface area contributed by atoms with Crippen LogP contribution in [-0.4, -0.2) is 49.3 Å². The number of nitrogens with two attached hydrogens (primary N) is 1. The quantitative estimate of drug-likeness (QED) is 0.539. The lowest BCUT2D eigenvalue weighted by molar-refractivity contribution is -0.0612. The molecule has 0 aromatic heterocycles. The van der Waals surface area contributed by atoms with Gasteiger partial charge in [0.15, 0.2) is 0 Å². The molecule has 186 valence electrons. The number of piperidine rings is 1. The third-order valence-electron chi connectivity index (χ3n) is 7.75. The SMILES string of the molecule is Cc1ccc2c(c1O)CC(C1CCN(S(=O)(=O)CCc3cccc4ccccc34)CC1)OC2CN. The van der Waals surface area contributed by atoms with Crippen molar-refractivity contribution in [3.8, 4) is 5.75 Å². The third kappa shape index (κ3) is 4.83. The Morgan fingerprint density at radius 1 is 1.06 bits per heavy atom. The summed E-state index contributed by atoms with van der Waals surface area (Å²) in [4.78, 5) is 0. The number of nitrogens with zero attached hydrogens (tertiary/aromatic N) is 1. The number of phenols is 1. The van der Waals surface area contributed by atoms with E-state index in [0.717, 1.165) is 45.9 Å². The fourth-order valence-electron chi connectivity index (χ4n) is 5.68. The summed E-state index contributed by atoms with van der Waals surface area (Å²) in [5.74, 6) is 0.686. The number of aromatic hydroxyl groups is 1. The minimum Gasteiger partial charge on any atom is -0.507 e. The van der Waals surface area contributed by atoms with E-state index in [1.165, 1.54) is 0 Å². The average Bonchev–Trinajstić information content (AvgIpc) is 2.89. The Labute approximate surface area is 207 Å². The van der Waals surface area contributed by atoms with Gasteiger partial charge in [-0.1, -0.05) is 54.6 Å². The van der Waals surface area contributed by atoms with Gasteiger partial charge in [-0.15, -0.1) is 0 Å². The Morgan fingerprint density at radius 3 is 2.57 bits per heavy atom.